The third-order valence-corrected chi connectivity index (χ3v) is 9.99. The summed E-state index contributed by atoms with van der Waals surface area (Å²) in [5, 5.41) is 10.5. The predicted molar refractivity (Wildman–Crippen MR) is 116 cm³/mol. The van der Waals surface area contributed by atoms with Gasteiger partial charge in [-0.05, 0) is 55.6 Å². The largest absolute Gasteiger partial charge is 0.507 e. The number of hydrogen-bond acceptors (Lipinski definition) is 5. The van der Waals surface area contributed by atoms with E-state index < -0.39 is 15.6 Å². The molecule has 2 bridgehead atoms. The van der Waals surface area contributed by atoms with Crippen LogP contribution in [0.1, 0.15) is 25.7 Å². The van der Waals surface area contributed by atoms with Crippen molar-refractivity contribution in [3.05, 3.63) is 42.5 Å². The van der Waals surface area contributed by atoms with Crippen LogP contribution in [0.5, 0.6) is 5.75 Å². The fraction of sp³-hybridized carbons (Fsp3) is 0.455. The number of aromatic hydroxyl groups is 1. The first-order chi connectivity index (χ1) is 13.9. The summed E-state index contributed by atoms with van der Waals surface area (Å²) < 4.78 is 29.2. The summed E-state index contributed by atoms with van der Waals surface area (Å²) in [5.74, 6) is 0.998. The molecule has 2 aliphatic carbocycles. The van der Waals surface area contributed by atoms with Crippen molar-refractivity contribution >= 4 is 33.2 Å². The van der Waals surface area contributed by atoms with Crippen LogP contribution >= 0.6 is 11.8 Å². The molecule has 1 heterocycles. The standard InChI is InChI=1S/C22H26N2O3S2/c1-23-22(13-15-8-9-16(22)10-15)14-24(17-6-4-3-5-7-17)18-11-20(28-2)19(25)12-21(18)29(23,26)27/h3-7,11-12,15-16,25H,8-10,13-14H2,1-2H3. The Balaban J connectivity index is 1.78. The van der Waals surface area contributed by atoms with Crippen LogP contribution in [0.3, 0.4) is 0 Å². The van der Waals surface area contributed by atoms with Gasteiger partial charge in [0.2, 0.25) is 10.0 Å². The molecule has 1 aliphatic heterocycles. The van der Waals surface area contributed by atoms with Crippen LogP contribution in [0, 0.1) is 11.8 Å². The lowest BCUT2D eigenvalue weighted by molar-refractivity contribution is 0.141. The normalized spacial score (nSPS) is 30.5. The molecule has 0 amide bonds. The van der Waals surface area contributed by atoms with Crippen molar-refractivity contribution in [3.8, 4) is 5.75 Å². The first-order valence-corrected chi connectivity index (χ1v) is 12.8. The second-order valence-corrected chi connectivity index (χ2v) is 11.4. The van der Waals surface area contributed by atoms with E-state index in [9.17, 15) is 13.5 Å². The number of rotatable bonds is 2. The molecule has 0 radical (unpaired) electrons. The maximum atomic E-state index is 13.8. The molecule has 3 atom stereocenters. The van der Waals surface area contributed by atoms with Crippen LogP contribution in [-0.4, -0.2) is 43.2 Å². The van der Waals surface area contributed by atoms with Gasteiger partial charge in [-0.1, -0.05) is 24.6 Å². The third-order valence-electron chi connectivity index (χ3n) is 7.26. The van der Waals surface area contributed by atoms with E-state index in [1.807, 2.05) is 42.7 Å². The molecule has 5 nitrogen and oxygen atoms in total. The Bertz CT molecular complexity index is 1060. The summed E-state index contributed by atoms with van der Waals surface area (Å²) in [5.41, 5.74) is 1.23. The zero-order valence-corrected chi connectivity index (χ0v) is 18.3. The molecule has 0 saturated heterocycles. The molecule has 2 saturated carbocycles. The lowest BCUT2D eigenvalue weighted by Gasteiger charge is -2.45. The number of phenolic OH excluding ortho intramolecular Hbond substituents is 1. The van der Waals surface area contributed by atoms with Gasteiger partial charge in [0.25, 0.3) is 0 Å². The van der Waals surface area contributed by atoms with E-state index in [2.05, 4.69) is 4.90 Å². The van der Waals surface area contributed by atoms with E-state index in [0.717, 1.165) is 24.9 Å². The Kier molecular flexibility index (Phi) is 4.42. The molecular formula is C22H26N2O3S2. The quantitative estimate of drug-likeness (QED) is 0.714. The van der Waals surface area contributed by atoms with E-state index in [-0.39, 0.29) is 10.6 Å². The van der Waals surface area contributed by atoms with Crippen molar-refractivity contribution in [3.63, 3.8) is 0 Å². The Hall–Kier alpha value is -1.70. The monoisotopic (exact) mass is 430 g/mol. The number of sulfonamides is 1. The van der Waals surface area contributed by atoms with Gasteiger partial charge in [-0.25, -0.2) is 8.42 Å². The molecule has 154 valence electrons. The molecule has 29 heavy (non-hydrogen) atoms. The summed E-state index contributed by atoms with van der Waals surface area (Å²) in [6.07, 6.45) is 6.20. The number of anilines is 2. The molecule has 5 rings (SSSR count). The van der Waals surface area contributed by atoms with Crippen molar-refractivity contribution in [2.75, 3.05) is 24.7 Å². The minimum absolute atomic E-state index is 0.0186. The van der Waals surface area contributed by atoms with Gasteiger partial charge in [0, 0.05) is 25.3 Å². The number of nitrogens with zero attached hydrogens (tertiary/aromatic N) is 2. The van der Waals surface area contributed by atoms with Gasteiger partial charge >= 0.3 is 0 Å². The smallest absolute Gasteiger partial charge is 0.245 e. The van der Waals surface area contributed by atoms with Crippen molar-refractivity contribution in [2.45, 2.75) is 41.0 Å². The summed E-state index contributed by atoms with van der Waals surface area (Å²) in [6.45, 7) is 0.638. The van der Waals surface area contributed by atoms with Crippen molar-refractivity contribution in [2.24, 2.45) is 11.8 Å². The molecule has 3 unspecified atom stereocenters. The molecular weight excluding hydrogens is 404 g/mol. The maximum Gasteiger partial charge on any atom is 0.245 e. The number of likely N-dealkylation sites (N-methyl/N-ethyl adjacent to an activating group) is 1. The fourth-order valence-corrected chi connectivity index (χ4v) is 8.04. The summed E-state index contributed by atoms with van der Waals surface area (Å²) in [6, 6.07) is 13.3. The van der Waals surface area contributed by atoms with E-state index in [1.54, 1.807) is 11.4 Å². The number of para-hydroxylation sites is 1. The number of phenols is 1. The maximum absolute atomic E-state index is 13.8. The number of thioether (sulfide) groups is 1. The van der Waals surface area contributed by atoms with Crippen LogP contribution in [0.2, 0.25) is 0 Å². The molecule has 3 aliphatic rings. The van der Waals surface area contributed by atoms with Crippen molar-refractivity contribution in [1.29, 1.82) is 0 Å². The van der Waals surface area contributed by atoms with E-state index in [1.165, 1.54) is 24.2 Å². The van der Waals surface area contributed by atoms with Gasteiger partial charge in [-0.3, -0.25) is 0 Å². The highest BCUT2D eigenvalue weighted by Crippen LogP contribution is 2.57. The van der Waals surface area contributed by atoms with Crippen molar-refractivity contribution in [1.82, 2.24) is 4.31 Å². The Morgan fingerprint density at radius 2 is 1.93 bits per heavy atom. The minimum atomic E-state index is -3.74. The van der Waals surface area contributed by atoms with Crippen LogP contribution in [0.25, 0.3) is 0 Å². The van der Waals surface area contributed by atoms with Crippen LogP contribution in [0.4, 0.5) is 11.4 Å². The first kappa shape index (κ1) is 19.3. The van der Waals surface area contributed by atoms with Gasteiger partial charge < -0.3 is 10.0 Å². The molecule has 2 fully saturated rings. The number of hydrogen-bond donors (Lipinski definition) is 1. The minimum Gasteiger partial charge on any atom is -0.507 e. The predicted octanol–water partition coefficient (Wildman–Crippen LogP) is 4.45. The van der Waals surface area contributed by atoms with Gasteiger partial charge in [-0.15, -0.1) is 11.8 Å². The summed E-state index contributed by atoms with van der Waals surface area (Å²) >= 11 is 1.42. The number of benzene rings is 2. The number of fused-ring (bicyclic) bond motifs is 4. The van der Waals surface area contributed by atoms with Crippen molar-refractivity contribution < 1.29 is 13.5 Å². The topological polar surface area (TPSA) is 60.9 Å². The van der Waals surface area contributed by atoms with Crippen LogP contribution in [0.15, 0.2) is 52.3 Å². The first-order valence-electron chi connectivity index (χ1n) is 10.1. The van der Waals surface area contributed by atoms with Gasteiger partial charge in [0.05, 0.1) is 16.1 Å². The third kappa shape index (κ3) is 2.74. The SMILES string of the molecule is CSc1cc2c(cc1O)S(=O)(=O)N(C)C1(CC3CCC1C3)CN2c1ccccc1. The highest BCUT2D eigenvalue weighted by Gasteiger charge is 2.58. The summed E-state index contributed by atoms with van der Waals surface area (Å²) in [4.78, 5) is 3.04. The fourth-order valence-electron chi connectivity index (χ4n) is 5.80. The summed E-state index contributed by atoms with van der Waals surface area (Å²) in [7, 11) is -1.99. The van der Waals surface area contributed by atoms with Crippen LogP contribution in [-0.2, 0) is 10.0 Å². The van der Waals surface area contributed by atoms with E-state index >= 15 is 0 Å². The molecule has 1 spiro atoms. The molecule has 7 heteroatoms. The Morgan fingerprint density at radius 3 is 2.55 bits per heavy atom. The highest BCUT2D eigenvalue weighted by atomic mass is 32.2. The lowest BCUT2D eigenvalue weighted by atomic mass is 9.80. The second kappa shape index (κ2) is 6.65. The lowest BCUT2D eigenvalue weighted by Crippen LogP contribution is -2.57. The highest BCUT2D eigenvalue weighted by molar-refractivity contribution is 7.98. The average Bonchev–Trinajstić information content (AvgIpc) is 3.32. The Labute approximate surface area is 176 Å². The average molecular weight is 431 g/mol. The van der Waals surface area contributed by atoms with Gasteiger partial charge in [-0.2, -0.15) is 4.31 Å². The van der Waals surface area contributed by atoms with E-state index in [0.29, 0.717) is 29.0 Å². The van der Waals surface area contributed by atoms with E-state index in [4.69, 9.17) is 0 Å². The second-order valence-electron chi connectivity index (χ2n) is 8.57. The molecule has 2 aromatic carbocycles. The zero-order valence-electron chi connectivity index (χ0n) is 16.7. The van der Waals surface area contributed by atoms with Crippen LogP contribution < -0.4 is 4.90 Å². The molecule has 2 aromatic rings. The van der Waals surface area contributed by atoms with Gasteiger partial charge in [0.1, 0.15) is 10.6 Å². The van der Waals surface area contributed by atoms with Gasteiger partial charge in [0.15, 0.2) is 0 Å². The Morgan fingerprint density at radius 1 is 1.17 bits per heavy atom. The molecule has 0 aromatic heterocycles. The molecule has 1 N–H and O–H groups in total. The zero-order chi connectivity index (χ0) is 20.4.